The number of aromatic nitrogens is 2. The highest BCUT2D eigenvalue weighted by atomic mass is 79.9. The van der Waals surface area contributed by atoms with Crippen LogP contribution in [0.5, 0.6) is 0 Å². The van der Waals surface area contributed by atoms with Crippen molar-refractivity contribution in [2.24, 2.45) is 12.9 Å². The van der Waals surface area contributed by atoms with Crippen molar-refractivity contribution in [3.05, 3.63) is 52.5 Å². The first kappa shape index (κ1) is 12.3. The Bertz CT molecular complexity index is 495. The molecule has 0 fully saturated rings. The minimum atomic E-state index is 0.00806. The molecule has 0 amide bonds. The van der Waals surface area contributed by atoms with Crippen LogP contribution in [0.15, 0.2) is 41.1 Å². The van der Waals surface area contributed by atoms with Crippen molar-refractivity contribution in [1.29, 1.82) is 0 Å². The van der Waals surface area contributed by atoms with E-state index in [2.05, 4.69) is 32.4 Å². The summed E-state index contributed by atoms with van der Waals surface area (Å²) < 4.78 is 3.07. The van der Waals surface area contributed by atoms with Crippen molar-refractivity contribution >= 4 is 15.9 Å². The fourth-order valence-corrected chi connectivity index (χ4v) is 2.27. The fraction of sp³-hybridized carbons (Fsp3) is 0.250. The summed E-state index contributed by atoms with van der Waals surface area (Å²) in [5.74, 6) is 6.55. The number of benzene rings is 1. The molecule has 1 unspecified atom stereocenters. The Morgan fingerprint density at radius 3 is 2.82 bits per heavy atom. The van der Waals surface area contributed by atoms with Gasteiger partial charge in [0, 0.05) is 23.9 Å². The van der Waals surface area contributed by atoms with Crippen LogP contribution in [0.4, 0.5) is 0 Å². The van der Waals surface area contributed by atoms with Crippen LogP contribution in [0.25, 0.3) is 0 Å². The van der Waals surface area contributed by atoms with E-state index < -0.39 is 0 Å². The van der Waals surface area contributed by atoms with E-state index in [0.29, 0.717) is 0 Å². The quantitative estimate of drug-likeness (QED) is 0.669. The Labute approximate surface area is 109 Å². The minimum absolute atomic E-state index is 0.00806. The Hall–Kier alpha value is -1.17. The van der Waals surface area contributed by atoms with E-state index in [1.54, 1.807) is 6.20 Å². The van der Waals surface area contributed by atoms with Crippen molar-refractivity contribution in [3.63, 3.8) is 0 Å². The van der Waals surface area contributed by atoms with Gasteiger partial charge in [0.15, 0.2) is 0 Å². The second-order valence-electron chi connectivity index (χ2n) is 3.91. The smallest absolute Gasteiger partial charge is 0.127 e. The van der Waals surface area contributed by atoms with Crippen molar-refractivity contribution in [2.45, 2.75) is 12.5 Å². The number of halogens is 1. The highest BCUT2D eigenvalue weighted by Gasteiger charge is 2.15. The third-order valence-electron chi connectivity index (χ3n) is 2.75. The summed E-state index contributed by atoms with van der Waals surface area (Å²) in [5.41, 5.74) is 4.02. The van der Waals surface area contributed by atoms with Gasteiger partial charge < -0.3 is 4.57 Å². The van der Waals surface area contributed by atoms with Crippen molar-refractivity contribution in [3.8, 4) is 0 Å². The number of imidazole rings is 1. The molecule has 0 aliphatic rings. The molecule has 1 aromatic heterocycles. The van der Waals surface area contributed by atoms with Gasteiger partial charge >= 0.3 is 0 Å². The van der Waals surface area contributed by atoms with E-state index in [-0.39, 0.29) is 6.04 Å². The average molecular weight is 295 g/mol. The third kappa shape index (κ3) is 2.74. The molecule has 0 saturated heterocycles. The van der Waals surface area contributed by atoms with Gasteiger partial charge in [-0.3, -0.25) is 5.84 Å². The molecular weight excluding hydrogens is 280 g/mol. The molecule has 0 spiro atoms. The Morgan fingerprint density at radius 2 is 2.24 bits per heavy atom. The van der Waals surface area contributed by atoms with Crippen molar-refractivity contribution in [1.82, 2.24) is 15.0 Å². The summed E-state index contributed by atoms with van der Waals surface area (Å²) in [6, 6.07) is 8.14. The molecule has 2 aromatic rings. The summed E-state index contributed by atoms with van der Waals surface area (Å²) in [7, 11) is 1.96. The lowest BCUT2D eigenvalue weighted by Gasteiger charge is -2.16. The number of rotatable bonds is 4. The van der Waals surface area contributed by atoms with Crippen LogP contribution in [-0.4, -0.2) is 9.55 Å². The van der Waals surface area contributed by atoms with Crippen LogP contribution >= 0.6 is 15.9 Å². The second kappa shape index (κ2) is 5.44. The summed E-state index contributed by atoms with van der Waals surface area (Å²) in [6.45, 7) is 0. The van der Waals surface area contributed by atoms with Gasteiger partial charge in [-0.15, -0.1) is 0 Å². The predicted molar refractivity (Wildman–Crippen MR) is 71.1 cm³/mol. The molecule has 5 heteroatoms. The van der Waals surface area contributed by atoms with Crippen LogP contribution in [0, 0.1) is 0 Å². The zero-order valence-electron chi connectivity index (χ0n) is 9.60. The topological polar surface area (TPSA) is 55.9 Å². The van der Waals surface area contributed by atoms with Gasteiger partial charge in [-0.05, 0) is 18.1 Å². The summed E-state index contributed by atoms with van der Waals surface area (Å²) >= 11 is 3.54. The molecule has 4 nitrogen and oxygen atoms in total. The van der Waals surface area contributed by atoms with Gasteiger partial charge in [0.05, 0.1) is 6.04 Å². The van der Waals surface area contributed by atoms with E-state index >= 15 is 0 Å². The lowest BCUT2D eigenvalue weighted by atomic mass is 10.1. The molecule has 0 aliphatic carbocycles. The number of nitrogens with one attached hydrogen (secondary N) is 1. The van der Waals surface area contributed by atoms with Gasteiger partial charge in [0.2, 0.25) is 0 Å². The predicted octanol–water partition coefficient (Wildman–Crippen LogP) is 1.93. The van der Waals surface area contributed by atoms with Gasteiger partial charge in [0.25, 0.3) is 0 Å². The number of hydrogen-bond acceptors (Lipinski definition) is 3. The zero-order valence-corrected chi connectivity index (χ0v) is 11.2. The molecule has 17 heavy (non-hydrogen) atoms. The van der Waals surface area contributed by atoms with Crippen LogP contribution in [-0.2, 0) is 13.5 Å². The van der Waals surface area contributed by atoms with Gasteiger partial charge in [-0.2, -0.15) is 0 Å². The molecule has 0 aliphatic heterocycles. The largest absolute Gasteiger partial charge is 0.337 e. The Balaban J connectivity index is 2.22. The number of nitrogens with zero attached hydrogens (tertiary/aromatic N) is 2. The van der Waals surface area contributed by atoms with Crippen LogP contribution in [0.1, 0.15) is 17.4 Å². The second-order valence-corrected chi connectivity index (χ2v) is 4.77. The number of hydrogen-bond donors (Lipinski definition) is 2. The maximum atomic E-state index is 5.61. The monoisotopic (exact) mass is 294 g/mol. The van der Waals surface area contributed by atoms with E-state index in [1.807, 2.05) is 36.0 Å². The van der Waals surface area contributed by atoms with Crippen LogP contribution in [0.3, 0.4) is 0 Å². The summed E-state index contributed by atoms with van der Waals surface area (Å²) in [4.78, 5) is 4.32. The first-order valence-electron chi connectivity index (χ1n) is 5.39. The lowest BCUT2D eigenvalue weighted by molar-refractivity contribution is 0.506. The van der Waals surface area contributed by atoms with Crippen molar-refractivity contribution < 1.29 is 0 Å². The molecule has 2 rings (SSSR count). The highest BCUT2D eigenvalue weighted by molar-refractivity contribution is 9.10. The normalized spacial score (nSPS) is 12.6. The molecule has 0 bridgehead atoms. The zero-order chi connectivity index (χ0) is 12.3. The van der Waals surface area contributed by atoms with Gasteiger partial charge in [-0.1, -0.05) is 34.1 Å². The number of nitrogens with two attached hydrogens (primary N) is 1. The fourth-order valence-electron chi connectivity index (χ4n) is 1.82. The molecule has 1 heterocycles. The SMILES string of the molecule is Cn1ccnc1C(Cc1ccccc1Br)NN. The van der Waals surface area contributed by atoms with Gasteiger partial charge in [-0.25, -0.2) is 10.4 Å². The summed E-state index contributed by atoms with van der Waals surface area (Å²) in [5, 5.41) is 0. The van der Waals surface area contributed by atoms with Gasteiger partial charge in [0.1, 0.15) is 5.82 Å². The molecule has 0 saturated carbocycles. The average Bonchev–Trinajstić information content (AvgIpc) is 2.75. The maximum Gasteiger partial charge on any atom is 0.127 e. The van der Waals surface area contributed by atoms with E-state index in [0.717, 1.165) is 16.7 Å². The van der Waals surface area contributed by atoms with Crippen LogP contribution in [0.2, 0.25) is 0 Å². The van der Waals surface area contributed by atoms with Crippen molar-refractivity contribution in [2.75, 3.05) is 0 Å². The standard InChI is InChI=1S/C12H15BrN4/c1-17-7-6-15-12(17)11(16-14)8-9-4-2-3-5-10(9)13/h2-7,11,16H,8,14H2,1H3. The molecule has 1 aromatic carbocycles. The molecule has 3 N–H and O–H groups in total. The first-order chi connectivity index (χ1) is 8.22. The minimum Gasteiger partial charge on any atom is -0.337 e. The molecule has 1 atom stereocenters. The first-order valence-corrected chi connectivity index (χ1v) is 6.18. The maximum absolute atomic E-state index is 5.61. The Morgan fingerprint density at radius 1 is 1.47 bits per heavy atom. The molecule has 0 radical (unpaired) electrons. The number of hydrazine groups is 1. The summed E-state index contributed by atoms with van der Waals surface area (Å²) in [6.07, 6.45) is 4.49. The Kier molecular flexibility index (Phi) is 3.93. The van der Waals surface area contributed by atoms with E-state index in [9.17, 15) is 0 Å². The lowest BCUT2D eigenvalue weighted by Crippen LogP contribution is -2.31. The van der Waals surface area contributed by atoms with E-state index in [4.69, 9.17) is 5.84 Å². The molecule has 90 valence electrons. The highest BCUT2D eigenvalue weighted by Crippen LogP contribution is 2.22. The van der Waals surface area contributed by atoms with Crippen LogP contribution < -0.4 is 11.3 Å². The number of aryl methyl sites for hydroxylation is 1. The van der Waals surface area contributed by atoms with E-state index in [1.165, 1.54) is 5.56 Å². The molecular formula is C12H15BrN4. The third-order valence-corrected chi connectivity index (χ3v) is 3.53.